The van der Waals surface area contributed by atoms with Crippen molar-refractivity contribution in [2.24, 2.45) is 0 Å². The van der Waals surface area contributed by atoms with Gasteiger partial charge in [0, 0.05) is 17.5 Å². The lowest BCUT2D eigenvalue weighted by molar-refractivity contribution is 0.0695. The maximum Gasteiger partial charge on any atom is 0.339 e. The van der Waals surface area contributed by atoms with E-state index in [0.717, 1.165) is 6.54 Å². The number of carbonyl (C=O) groups is 1. The van der Waals surface area contributed by atoms with E-state index in [2.05, 4.69) is 22.2 Å². The number of nitrogens with zero attached hydrogens (tertiary/aromatic N) is 2. The normalized spacial score (nSPS) is 23.0. The molecule has 1 fully saturated rings. The van der Waals surface area contributed by atoms with Crippen molar-refractivity contribution >= 4 is 23.7 Å². The third-order valence-corrected chi connectivity index (χ3v) is 4.67. The van der Waals surface area contributed by atoms with Crippen LogP contribution in [0.1, 0.15) is 35.8 Å². The fourth-order valence-corrected chi connectivity index (χ4v) is 3.25. The lowest BCUT2D eigenvalue weighted by Crippen LogP contribution is -2.27. The highest BCUT2D eigenvalue weighted by molar-refractivity contribution is 8.00. The second-order valence-electron chi connectivity index (χ2n) is 4.75. The van der Waals surface area contributed by atoms with Crippen molar-refractivity contribution in [3.63, 3.8) is 0 Å². The summed E-state index contributed by atoms with van der Waals surface area (Å²) >= 11 is 1.96. The number of carboxylic acid groups (broad SMARTS) is 1. The Kier molecular flexibility index (Phi) is 3.75. The van der Waals surface area contributed by atoms with Crippen molar-refractivity contribution in [1.29, 1.82) is 0 Å². The van der Waals surface area contributed by atoms with Crippen LogP contribution in [-0.2, 0) is 0 Å². The van der Waals surface area contributed by atoms with Gasteiger partial charge < -0.3 is 10.4 Å². The highest BCUT2D eigenvalue weighted by Gasteiger charge is 2.29. The minimum atomic E-state index is -0.989. The molecule has 1 aliphatic rings. The molecule has 1 aliphatic heterocycles. The van der Waals surface area contributed by atoms with Crippen molar-refractivity contribution in [1.82, 2.24) is 9.97 Å². The topological polar surface area (TPSA) is 75.1 Å². The van der Waals surface area contributed by atoms with Crippen LogP contribution in [0.2, 0.25) is 0 Å². The molecular formula is C12H17N3O2S. The van der Waals surface area contributed by atoms with Gasteiger partial charge in [0.2, 0.25) is 5.95 Å². The lowest BCUT2D eigenvalue weighted by Gasteiger charge is -2.22. The summed E-state index contributed by atoms with van der Waals surface area (Å²) in [6.45, 7) is 4.72. The number of hydrogen-bond acceptors (Lipinski definition) is 5. The third-order valence-electron chi connectivity index (χ3n) is 3.13. The number of anilines is 1. The van der Waals surface area contributed by atoms with E-state index >= 15 is 0 Å². The van der Waals surface area contributed by atoms with Crippen LogP contribution < -0.4 is 5.32 Å². The van der Waals surface area contributed by atoms with Gasteiger partial charge in [-0.2, -0.15) is 11.8 Å². The number of hydrogen-bond donors (Lipinski definition) is 2. The molecule has 1 unspecified atom stereocenters. The van der Waals surface area contributed by atoms with Crippen LogP contribution in [0.15, 0.2) is 6.20 Å². The number of thioether (sulfide) groups is 1. The molecule has 18 heavy (non-hydrogen) atoms. The lowest BCUT2D eigenvalue weighted by atomic mass is 10.1. The van der Waals surface area contributed by atoms with Gasteiger partial charge >= 0.3 is 5.97 Å². The van der Waals surface area contributed by atoms with Gasteiger partial charge in [-0.1, -0.05) is 0 Å². The first-order valence-corrected chi connectivity index (χ1v) is 6.93. The summed E-state index contributed by atoms with van der Waals surface area (Å²) in [6, 6.07) is 0. The number of rotatable bonds is 4. The van der Waals surface area contributed by atoms with Crippen LogP contribution in [0.4, 0.5) is 5.95 Å². The van der Waals surface area contributed by atoms with E-state index in [9.17, 15) is 4.79 Å². The fraction of sp³-hybridized carbons (Fsp3) is 0.583. The Morgan fingerprint density at radius 1 is 1.67 bits per heavy atom. The van der Waals surface area contributed by atoms with Gasteiger partial charge in [0.1, 0.15) is 0 Å². The summed E-state index contributed by atoms with van der Waals surface area (Å²) in [5.74, 6) is 0.722. The number of aryl methyl sites for hydroxylation is 1. The summed E-state index contributed by atoms with van der Waals surface area (Å²) in [7, 11) is 0. The first kappa shape index (κ1) is 13.1. The molecule has 0 aliphatic carbocycles. The minimum absolute atomic E-state index is 0.155. The fourth-order valence-electron chi connectivity index (χ4n) is 2.00. The number of aromatic carboxylic acids is 1. The largest absolute Gasteiger partial charge is 0.478 e. The Morgan fingerprint density at radius 3 is 3.00 bits per heavy atom. The quantitative estimate of drug-likeness (QED) is 0.871. The van der Waals surface area contributed by atoms with Crippen molar-refractivity contribution in [2.45, 2.75) is 31.4 Å². The van der Waals surface area contributed by atoms with Gasteiger partial charge in [-0.25, -0.2) is 14.8 Å². The van der Waals surface area contributed by atoms with E-state index in [-0.39, 0.29) is 10.3 Å². The first-order chi connectivity index (χ1) is 8.50. The molecule has 0 aromatic carbocycles. The van der Waals surface area contributed by atoms with Crippen LogP contribution in [-0.4, -0.2) is 38.1 Å². The summed E-state index contributed by atoms with van der Waals surface area (Å²) < 4.78 is 0.239. The van der Waals surface area contributed by atoms with E-state index in [1.165, 1.54) is 24.8 Å². The molecule has 1 aromatic rings. The van der Waals surface area contributed by atoms with Crippen molar-refractivity contribution in [3.05, 3.63) is 17.5 Å². The molecule has 2 N–H and O–H groups in total. The van der Waals surface area contributed by atoms with Crippen LogP contribution in [0, 0.1) is 6.92 Å². The van der Waals surface area contributed by atoms with Crippen LogP contribution >= 0.6 is 11.8 Å². The SMILES string of the molecule is Cc1nc(NCC2(C)CCCS2)ncc1C(=O)O. The zero-order chi connectivity index (χ0) is 13.2. The molecule has 98 valence electrons. The minimum Gasteiger partial charge on any atom is -0.478 e. The molecule has 1 atom stereocenters. The molecule has 5 nitrogen and oxygen atoms in total. The Labute approximate surface area is 110 Å². The van der Waals surface area contributed by atoms with E-state index in [0.29, 0.717) is 11.6 Å². The smallest absolute Gasteiger partial charge is 0.339 e. The predicted molar refractivity (Wildman–Crippen MR) is 72.3 cm³/mol. The molecule has 1 aromatic heterocycles. The van der Waals surface area contributed by atoms with Gasteiger partial charge in [-0.05, 0) is 32.4 Å². The van der Waals surface area contributed by atoms with Gasteiger partial charge in [0.05, 0.1) is 11.3 Å². The van der Waals surface area contributed by atoms with E-state index < -0.39 is 5.97 Å². The summed E-state index contributed by atoms with van der Waals surface area (Å²) in [6.07, 6.45) is 3.80. The Balaban J connectivity index is 2.02. The van der Waals surface area contributed by atoms with Gasteiger partial charge in [0.15, 0.2) is 0 Å². The highest BCUT2D eigenvalue weighted by Crippen LogP contribution is 2.37. The number of aromatic nitrogens is 2. The van der Waals surface area contributed by atoms with E-state index in [1.54, 1.807) is 6.92 Å². The van der Waals surface area contributed by atoms with Gasteiger partial charge in [-0.3, -0.25) is 0 Å². The summed E-state index contributed by atoms with van der Waals surface area (Å²) in [4.78, 5) is 19.1. The van der Waals surface area contributed by atoms with Crippen LogP contribution in [0.3, 0.4) is 0 Å². The third kappa shape index (κ3) is 2.93. The molecule has 0 bridgehead atoms. The maximum absolute atomic E-state index is 10.8. The second-order valence-corrected chi connectivity index (χ2v) is 6.44. The molecule has 0 radical (unpaired) electrons. The van der Waals surface area contributed by atoms with Crippen molar-refractivity contribution in [2.75, 3.05) is 17.6 Å². The van der Waals surface area contributed by atoms with E-state index in [1.807, 2.05) is 11.8 Å². The number of carboxylic acids is 1. The Bertz CT molecular complexity index is 459. The maximum atomic E-state index is 10.8. The highest BCUT2D eigenvalue weighted by atomic mass is 32.2. The predicted octanol–water partition coefficient (Wildman–Crippen LogP) is 2.18. The summed E-state index contributed by atoms with van der Waals surface area (Å²) in [5.41, 5.74) is 0.645. The summed E-state index contributed by atoms with van der Waals surface area (Å²) in [5, 5.41) is 12.1. The zero-order valence-electron chi connectivity index (χ0n) is 10.6. The van der Waals surface area contributed by atoms with Gasteiger partial charge in [0.25, 0.3) is 0 Å². The molecule has 2 heterocycles. The van der Waals surface area contributed by atoms with Crippen molar-refractivity contribution in [3.8, 4) is 0 Å². The average Bonchev–Trinajstić information content (AvgIpc) is 2.74. The zero-order valence-corrected chi connectivity index (χ0v) is 11.4. The molecule has 1 saturated heterocycles. The molecular weight excluding hydrogens is 250 g/mol. The van der Waals surface area contributed by atoms with Crippen molar-refractivity contribution < 1.29 is 9.90 Å². The molecule has 0 spiro atoms. The first-order valence-electron chi connectivity index (χ1n) is 5.95. The van der Waals surface area contributed by atoms with Gasteiger partial charge in [-0.15, -0.1) is 0 Å². The standard InChI is InChI=1S/C12H17N3O2S/c1-8-9(10(16)17)6-13-11(15-8)14-7-12(2)4-3-5-18-12/h6H,3-5,7H2,1-2H3,(H,16,17)(H,13,14,15). The molecule has 0 saturated carbocycles. The molecule has 2 rings (SSSR count). The molecule has 0 amide bonds. The monoisotopic (exact) mass is 267 g/mol. The second kappa shape index (κ2) is 5.14. The van der Waals surface area contributed by atoms with E-state index in [4.69, 9.17) is 5.11 Å². The van der Waals surface area contributed by atoms with Crippen LogP contribution in [0.25, 0.3) is 0 Å². The number of nitrogens with one attached hydrogen (secondary N) is 1. The Hall–Kier alpha value is -1.30. The van der Waals surface area contributed by atoms with Crippen LogP contribution in [0.5, 0.6) is 0 Å². The molecule has 6 heteroatoms. The average molecular weight is 267 g/mol. The Morgan fingerprint density at radius 2 is 2.44 bits per heavy atom.